The minimum Gasteiger partial charge on any atom is -0.481 e. The molecular weight excluding hydrogens is 260 g/mol. The van der Waals surface area contributed by atoms with Gasteiger partial charge in [-0.15, -0.1) is 0 Å². The highest BCUT2D eigenvalue weighted by molar-refractivity contribution is 5.66. The van der Waals surface area contributed by atoms with Gasteiger partial charge in [0.25, 0.3) is 0 Å². The zero-order chi connectivity index (χ0) is 15.6. The van der Waals surface area contributed by atoms with E-state index in [9.17, 15) is 4.79 Å². The van der Waals surface area contributed by atoms with Crippen LogP contribution < -0.4 is 0 Å². The number of hydrogen-bond donors (Lipinski definition) is 1. The third-order valence-corrected chi connectivity index (χ3v) is 3.34. The monoisotopic (exact) mass is 292 g/mol. The molecule has 21 heavy (non-hydrogen) atoms. The lowest BCUT2D eigenvalue weighted by Gasteiger charge is -1.99. The number of hydrogen-bond acceptors (Lipinski definition) is 1. The third-order valence-electron chi connectivity index (χ3n) is 3.34. The van der Waals surface area contributed by atoms with Crippen molar-refractivity contribution < 1.29 is 9.90 Å². The fourth-order valence-electron chi connectivity index (χ4n) is 2.05. The Morgan fingerprint density at radius 3 is 1.86 bits per heavy atom. The van der Waals surface area contributed by atoms with Gasteiger partial charge in [-0.3, -0.25) is 4.79 Å². The number of rotatable bonds is 14. The molecule has 1 N–H and O–H groups in total. The van der Waals surface area contributed by atoms with Gasteiger partial charge in [0.15, 0.2) is 0 Å². The molecule has 0 radical (unpaired) electrons. The van der Waals surface area contributed by atoms with Crippen LogP contribution >= 0.6 is 0 Å². The van der Waals surface area contributed by atoms with Crippen molar-refractivity contribution in [3.05, 3.63) is 36.5 Å². The molecule has 0 aliphatic rings. The molecule has 2 nitrogen and oxygen atoms in total. The summed E-state index contributed by atoms with van der Waals surface area (Å²) in [6.07, 6.45) is 24.8. The molecule has 0 fully saturated rings. The summed E-state index contributed by atoms with van der Waals surface area (Å²) in [5, 5.41) is 8.51. The molecule has 0 spiro atoms. The zero-order valence-corrected chi connectivity index (χ0v) is 13.6. The summed E-state index contributed by atoms with van der Waals surface area (Å²) in [6, 6.07) is 0. The van der Waals surface area contributed by atoms with Gasteiger partial charge in [-0.1, -0.05) is 81.9 Å². The fraction of sp³-hybridized carbons (Fsp3) is 0.632. The number of carbonyl (C=O) groups is 1. The van der Waals surface area contributed by atoms with Gasteiger partial charge in [0, 0.05) is 6.42 Å². The average molecular weight is 292 g/mol. The maximum absolute atomic E-state index is 10.3. The topological polar surface area (TPSA) is 37.3 Å². The fourth-order valence-corrected chi connectivity index (χ4v) is 2.05. The van der Waals surface area contributed by atoms with Crippen LogP contribution in [0.2, 0.25) is 0 Å². The van der Waals surface area contributed by atoms with Crippen LogP contribution in [0.1, 0.15) is 77.6 Å². The van der Waals surface area contributed by atoms with Crippen molar-refractivity contribution in [3.8, 4) is 0 Å². The molecule has 0 amide bonds. The van der Waals surface area contributed by atoms with Gasteiger partial charge in [-0.25, -0.2) is 0 Å². The molecule has 0 aromatic carbocycles. The van der Waals surface area contributed by atoms with E-state index in [1.54, 1.807) is 0 Å². The van der Waals surface area contributed by atoms with Crippen molar-refractivity contribution >= 4 is 5.97 Å². The highest BCUT2D eigenvalue weighted by atomic mass is 16.4. The van der Waals surface area contributed by atoms with Gasteiger partial charge in [-0.05, 0) is 25.7 Å². The van der Waals surface area contributed by atoms with Crippen LogP contribution in [0.4, 0.5) is 0 Å². The van der Waals surface area contributed by atoms with E-state index >= 15 is 0 Å². The van der Waals surface area contributed by atoms with E-state index in [4.69, 9.17) is 5.11 Å². The second-order valence-electron chi connectivity index (χ2n) is 5.44. The summed E-state index contributed by atoms with van der Waals surface area (Å²) in [6.45, 7) is 2.21. The first-order chi connectivity index (χ1) is 10.3. The van der Waals surface area contributed by atoms with E-state index in [0.717, 1.165) is 19.3 Å². The Morgan fingerprint density at radius 1 is 0.762 bits per heavy atom. The number of aliphatic carboxylic acids is 1. The van der Waals surface area contributed by atoms with Crippen molar-refractivity contribution in [1.29, 1.82) is 0 Å². The van der Waals surface area contributed by atoms with Crippen LogP contribution in [0.3, 0.4) is 0 Å². The Kier molecular flexibility index (Phi) is 15.7. The van der Waals surface area contributed by atoms with Crippen LogP contribution in [-0.2, 0) is 4.79 Å². The predicted octanol–water partition coefficient (Wildman–Crippen LogP) is 6.05. The second kappa shape index (κ2) is 16.7. The molecule has 0 bridgehead atoms. The maximum atomic E-state index is 10.3. The first-order valence-corrected chi connectivity index (χ1v) is 8.47. The van der Waals surface area contributed by atoms with Crippen molar-refractivity contribution in [2.75, 3.05) is 0 Å². The summed E-state index contributed by atoms with van der Waals surface area (Å²) in [7, 11) is 0. The average Bonchev–Trinajstić information content (AvgIpc) is 2.46. The van der Waals surface area contributed by atoms with Gasteiger partial charge in [0.2, 0.25) is 0 Å². The smallest absolute Gasteiger partial charge is 0.303 e. The van der Waals surface area contributed by atoms with Crippen molar-refractivity contribution in [2.45, 2.75) is 77.6 Å². The van der Waals surface area contributed by atoms with Crippen LogP contribution in [0.25, 0.3) is 0 Å². The molecule has 0 saturated carbocycles. The predicted molar refractivity (Wildman–Crippen MR) is 91.5 cm³/mol. The summed E-state index contributed by atoms with van der Waals surface area (Å²) >= 11 is 0. The van der Waals surface area contributed by atoms with E-state index < -0.39 is 5.97 Å². The lowest BCUT2D eigenvalue weighted by Crippen LogP contribution is -1.93. The minimum atomic E-state index is -0.673. The SMILES string of the molecule is CCCCC=CC=CC=CCCCCCCCCC(=O)O. The number of carboxylic acid groups (broad SMARTS) is 1. The molecule has 120 valence electrons. The number of unbranched alkanes of at least 4 members (excludes halogenated alkanes) is 8. The van der Waals surface area contributed by atoms with E-state index in [1.165, 1.54) is 44.9 Å². The van der Waals surface area contributed by atoms with Gasteiger partial charge < -0.3 is 5.11 Å². The number of allylic oxidation sites excluding steroid dienone is 6. The Balaban J connectivity index is 3.27. The highest BCUT2D eigenvalue weighted by Gasteiger charge is 1.95. The lowest BCUT2D eigenvalue weighted by atomic mass is 10.1. The van der Waals surface area contributed by atoms with Crippen LogP contribution in [-0.4, -0.2) is 11.1 Å². The van der Waals surface area contributed by atoms with E-state index in [2.05, 4.69) is 43.4 Å². The first kappa shape index (κ1) is 19.7. The molecule has 0 rings (SSSR count). The van der Waals surface area contributed by atoms with Crippen LogP contribution in [0.15, 0.2) is 36.5 Å². The van der Waals surface area contributed by atoms with Gasteiger partial charge >= 0.3 is 5.97 Å². The highest BCUT2D eigenvalue weighted by Crippen LogP contribution is 2.08. The molecule has 0 saturated heterocycles. The van der Waals surface area contributed by atoms with Gasteiger partial charge in [0.1, 0.15) is 0 Å². The Morgan fingerprint density at radius 2 is 1.29 bits per heavy atom. The standard InChI is InChI=1S/C19H32O2/c1-2-3-4-5-6-7-8-9-10-11-12-13-14-15-16-17-18-19(20)21/h5-10H,2-4,11-18H2,1H3,(H,20,21). The maximum Gasteiger partial charge on any atom is 0.303 e. The molecule has 0 unspecified atom stereocenters. The second-order valence-corrected chi connectivity index (χ2v) is 5.44. The molecule has 0 atom stereocenters. The molecule has 0 aromatic heterocycles. The first-order valence-electron chi connectivity index (χ1n) is 8.47. The lowest BCUT2D eigenvalue weighted by molar-refractivity contribution is -0.137. The molecule has 2 heteroatoms. The van der Waals surface area contributed by atoms with Gasteiger partial charge in [0.05, 0.1) is 0 Å². The molecule has 0 aliphatic heterocycles. The van der Waals surface area contributed by atoms with Crippen LogP contribution in [0.5, 0.6) is 0 Å². The summed E-state index contributed by atoms with van der Waals surface area (Å²) < 4.78 is 0. The van der Waals surface area contributed by atoms with E-state index in [0.29, 0.717) is 6.42 Å². The molecular formula is C19H32O2. The Hall–Kier alpha value is -1.31. The van der Waals surface area contributed by atoms with Crippen molar-refractivity contribution in [2.24, 2.45) is 0 Å². The van der Waals surface area contributed by atoms with E-state index in [-0.39, 0.29) is 0 Å². The quantitative estimate of drug-likeness (QED) is 0.312. The molecule has 0 aliphatic carbocycles. The largest absolute Gasteiger partial charge is 0.481 e. The Bertz CT molecular complexity index is 314. The minimum absolute atomic E-state index is 0.321. The molecule has 0 aromatic rings. The summed E-state index contributed by atoms with van der Waals surface area (Å²) in [5.74, 6) is -0.673. The van der Waals surface area contributed by atoms with Crippen molar-refractivity contribution in [3.63, 3.8) is 0 Å². The summed E-state index contributed by atoms with van der Waals surface area (Å²) in [4.78, 5) is 10.3. The van der Waals surface area contributed by atoms with Gasteiger partial charge in [-0.2, -0.15) is 0 Å². The third kappa shape index (κ3) is 18.7. The zero-order valence-electron chi connectivity index (χ0n) is 13.6. The van der Waals surface area contributed by atoms with E-state index in [1.807, 2.05) is 0 Å². The van der Waals surface area contributed by atoms with Crippen molar-refractivity contribution in [1.82, 2.24) is 0 Å². The molecule has 0 heterocycles. The normalized spacial score (nSPS) is 12.0. The van der Waals surface area contributed by atoms with Crippen LogP contribution in [0, 0.1) is 0 Å². The summed E-state index contributed by atoms with van der Waals surface area (Å²) in [5.41, 5.74) is 0. The Labute approximate surface area is 130 Å². The number of carboxylic acids is 1.